The first-order chi connectivity index (χ1) is 5.66. The molecule has 0 N–H and O–H groups in total. The van der Waals surface area contributed by atoms with Crippen LogP contribution in [-0.2, 0) is 0 Å². The van der Waals surface area contributed by atoms with Crippen molar-refractivity contribution in [1.82, 2.24) is 0 Å². The summed E-state index contributed by atoms with van der Waals surface area (Å²) >= 11 is 0. The lowest BCUT2D eigenvalue weighted by atomic mass is 9.48. The van der Waals surface area contributed by atoms with Crippen molar-refractivity contribution in [3.63, 3.8) is 0 Å². The van der Waals surface area contributed by atoms with E-state index in [0.29, 0.717) is 6.71 Å². The monoisotopic (exact) mass is 158 g/mol. The molecule has 0 heterocycles. The molecule has 1 aromatic rings. The second kappa shape index (κ2) is 3.62. The van der Waals surface area contributed by atoms with E-state index in [2.05, 4.69) is 45.3 Å². The van der Waals surface area contributed by atoms with Crippen LogP contribution in [0.5, 0.6) is 0 Å². The largest absolute Gasteiger partial charge is 0.170 e. The van der Waals surface area contributed by atoms with Gasteiger partial charge in [0.25, 0.3) is 0 Å². The summed E-state index contributed by atoms with van der Waals surface area (Å²) in [4.78, 5) is 0. The standard InChI is InChI=1S/C11H15B/c1-5-10-9(2)7-6-8-11(10)12(3)4/h5-8H,1H2,2-4H3. The van der Waals surface area contributed by atoms with Gasteiger partial charge in [0.1, 0.15) is 0 Å². The fourth-order valence-electron chi connectivity index (χ4n) is 1.49. The molecule has 0 spiro atoms. The molecule has 62 valence electrons. The van der Waals surface area contributed by atoms with Crippen LogP contribution in [0.25, 0.3) is 6.08 Å². The lowest BCUT2D eigenvalue weighted by Gasteiger charge is -2.09. The summed E-state index contributed by atoms with van der Waals surface area (Å²) in [6, 6.07) is 6.41. The normalized spacial score (nSPS) is 9.58. The lowest BCUT2D eigenvalue weighted by molar-refractivity contribution is 1.46. The molecule has 1 heteroatoms. The summed E-state index contributed by atoms with van der Waals surface area (Å²) in [7, 11) is 0. The molecule has 0 aliphatic heterocycles. The van der Waals surface area contributed by atoms with Crippen molar-refractivity contribution in [2.45, 2.75) is 20.6 Å². The maximum atomic E-state index is 3.83. The summed E-state index contributed by atoms with van der Waals surface area (Å²) in [5, 5.41) is 0. The van der Waals surface area contributed by atoms with Gasteiger partial charge in [-0.2, -0.15) is 0 Å². The third-order valence-corrected chi connectivity index (χ3v) is 2.18. The van der Waals surface area contributed by atoms with E-state index in [-0.39, 0.29) is 0 Å². The Morgan fingerprint density at radius 3 is 2.42 bits per heavy atom. The van der Waals surface area contributed by atoms with Gasteiger partial charge in [0.2, 0.25) is 0 Å². The highest BCUT2D eigenvalue weighted by Gasteiger charge is 2.07. The summed E-state index contributed by atoms with van der Waals surface area (Å²) < 4.78 is 0. The summed E-state index contributed by atoms with van der Waals surface area (Å²) in [5.41, 5.74) is 4.01. The highest BCUT2D eigenvalue weighted by Crippen LogP contribution is 2.07. The maximum absolute atomic E-state index is 3.83. The molecule has 0 fully saturated rings. The van der Waals surface area contributed by atoms with E-state index in [1.807, 2.05) is 6.08 Å². The summed E-state index contributed by atoms with van der Waals surface area (Å²) in [6.07, 6.45) is 1.95. The van der Waals surface area contributed by atoms with Gasteiger partial charge in [-0.1, -0.05) is 50.0 Å². The molecule has 0 saturated carbocycles. The molecule has 0 radical (unpaired) electrons. The Morgan fingerprint density at radius 1 is 1.33 bits per heavy atom. The zero-order valence-electron chi connectivity index (χ0n) is 8.09. The zero-order chi connectivity index (χ0) is 9.14. The van der Waals surface area contributed by atoms with Crippen LogP contribution < -0.4 is 5.46 Å². The number of benzene rings is 1. The fraction of sp³-hybridized carbons (Fsp3) is 0.273. The van der Waals surface area contributed by atoms with Gasteiger partial charge in [-0.05, 0) is 18.1 Å². The number of rotatable bonds is 2. The molecular formula is C11H15B. The molecule has 0 aromatic heterocycles. The number of aryl methyl sites for hydroxylation is 1. The lowest BCUT2D eigenvalue weighted by Crippen LogP contribution is -2.25. The van der Waals surface area contributed by atoms with E-state index >= 15 is 0 Å². The molecule has 0 aliphatic carbocycles. The third-order valence-electron chi connectivity index (χ3n) is 2.18. The molecule has 0 nitrogen and oxygen atoms in total. The van der Waals surface area contributed by atoms with Crippen molar-refractivity contribution in [2.75, 3.05) is 0 Å². The quantitative estimate of drug-likeness (QED) is 0.580. The fourth-order valence-corrected chi connectivity index (χ4v) is 1.49. The third kappa shape index (κ3) is 1.61. The zero-order valence-corrected chi connectivity index (χ0v) is 8.09. The second-order valence-electron chi connectivity index (χ2n) is 3.44. The van der Waals surface area contributed by atoms with Crippen LogP contribution in [0.15, 0.2) is 24.8 Å². The Kier molecular flexibility index (Phi) is 2.75. The molecule has 12 heavy (non-hydrogen) atoms. The first-order valence-electron chi connectivity index (χ1n) is 4.38. The minimum Gasteiger partial charge on any atom is -0.0985 e. The van der Waals surface area contributed by atoms with Crippen LogP contribution in [0.1, 0.15) is 11.1 Å². The molecule has 0 bridgehead atoms. The smallest absolute Gasteiger partial charge is 0.0985 e. The molecule has 0 amide bonds. The molecule has 1 aromatic carbocycles. The Labute approximate surface area is 75.4 Å². The van der Waals surface area contributed by atoms with Crippen LogP contribution in [0.2, 0.25) is 13.6 Å². The predicted molar refractivity (Wildman–Crippen MR) is 58.4 cm³/mol. The molecule has 0 atom stereocenters. The van der Waals surface area contributed by atoms with Gasteiger partial charge >= 0.3 is 0 Å². The summed E-state index contributed by atoms with van der Waals surface area (Å²) in [6.45, 7) is 11.0. The first-order valence-corrected chi connectivity index (χ1v) is 4.38. The first kappa shape index (κ1) is 9.12. The highest BCUT2D eigenvalue weighted by molar-refractivity contribution is 6.71. The van der Waals surface area contributed by atoms with E-state index in [9.17, 15) is 0 Å². The predicted octanol–water partition coefficient (Wildman–Crippen LogP) is 2.60. The van der Waals surface area contributed by atoms with Crippen molar-refractivity contribution in [1.29, 1.82) is 0 Å². The van der Waals surface area contributed by atoms with Crippen molar-refractivity contribution in [2.24, 2.45) is 0 Å². The minimum absolute atomic E-state index is 0.581. The highest BCUT2D eigenvalue weighted by atomic mass is 14.0. The SMILES string of the molecule is C=Cc1c(C)cccc1B(C)C. The second-order valence-corrected chi connectivity index (χ2v) is 3.44. The van der Waals surface area contributed by atoms with Crippen molar-refractivity contribution >= 4 is 18.3 Å². The Bertz CT molecular complexity index is 287. The van der Waals surface area contributed by atoms with Gasteiger partial charge in [0, 0.05) is 0 Å². The molecule has 0 saturated heterocycles. The molecular weight excluding hydrogens is 143 g/mol. The average molecular weight is 158 g/mol. The molecule has 1 rings (SSSR count). The van der Waals surface area contributed by atoms with Crippen LogP contribution in [0, 0.1) is 6.92 Å². The van der Waals surface area contributed by atoms with Gasteiger partial charge < -0.3 is 0 Å². The van der Waals surface area contributed by atoms with Crippen molar-refractivity contribution in [3.05, 3.63) is 35.9 Å². The van der Waals surface area contributed by atoms with Gasteiger partial charge in [-0.25, -0.2) is 0 Å². The summed E-state index contributed by atoms with van der Waals surface area (Å²) in [5.74, 6) is 0. The minimum atomic E-state index is 0.581. The number of hydrogen-bond acceptors (Lipinski definition) is 0. The Balaban J connectivity index is 3.27. The Hall–Kier alpha value is -0.975. The van der Waals surface area contributed by atoms with Crippen molar-refractivity contribution in [3.8, 4) is 0 Å². The van der Waals surface area contributed by atoms with Gasteiger partial charge in [0.15, 0.2) is 6.71 Å². The van der Waals surface area contributed by atoms with Crippen LogP contribution >= 0.6 is 0 Å². The van der Waals surface area contributed by atoms with Gasteiger partial charge in [-0.3, -0.25) is 0 Å². The molecule has 0 unspecified atom stereocenters. The van der Waals surface area contributed by atoms with Crippen LogP contribution in [-0.4, -0.2) is 6.71 Å². The van der Waals surface area contributed by atoms with E-state index in [0.717, 1.165) is 0 Å². The van der Waals surface area contributed by atoms with Crippen molar-refractivity contribution < 1.29 is 0 Å². The Morgan fingerprint density at radius 2 is 2.00 bits per heavy atom. The van der Waals surface area contributed by atoms with Crippen LogP contribution in [0.4, 0.5) is 0 Å². The topological polar surface area (TPSA) is 0 Å². The maximum Gasteiger partial charge on any atom is 0.170 e. The van der Waals surface area contributed by atoms with Gasteiger partial charge in [-0.15, -0.1) is 0 Å². The van der Waals surface area contributed by atoms with Gasteiger partial charge in [0.05, 0.1) is 0 Å². The van der Waals surface area contributed by atoms with Crippen LogP contribution in [0.3, 0.4) is 0 Å². The van der Waals surface area contributed by atoms with E-state index in [4.69, 9.17) is 0 Å². The number of hydrogen-bond donors (Lipinski definition) is 0. The van der Waals surface area contributed by atoms with E-state index in [1.165, 1.54) is 16.6 Å². The van der Waals surface area contributed by atoms with E-state index < -0.39 is 0 Å². The average Bonchev–Trinajstić information content (AvgIpc) is 2.03. The molecule has 0 aliphatic rings. The van der Waals surface area contributed by atoms with E-state index in [1.54, 1.807) is 0 Å².